The van der Waals surface area contributed by atoms with Gasteiger partial charge in [0.05, 0.1) is 13.2 Å². The summed E-state index contributed by atoms with van der Waals surface area (Å²) >= 11 is 0. The normalized spacial score (nSPS) is 23.1. The molecule has 6 heteroatoms. The van der Waals surface area contributed by atoms with Gasteiger partial charge in [-0.25, -0.2) is 8.78 Å². The van der Waals surface area contributed by atoms with Gasteiger partial charge in [-0.1, -0.05) is 0 Å². The fourth-order valence-electron chi connectivity index (χ4n) is 4.09. The Labute approximate surface area is 166 Å². The minimum absolute atomic E-state index is 0.0251. The van der Waals surface area contributed by atoms with E-state index in [4.69, 9.17) is 4.74 Å². The zero-order chi connectivity index (χ0) is 20.1. The molecule has 0 saturated carbocycles. The minimum Gasteiger partial charge on any atom is -0.493 e. The number of hydrogen-bond acceptors (Lipinski definition) is 4. The molecule has 0 aliphatic carbocycles. The van der Waals surface area contributed by atoms with Crippen LogP contribution >= 0.6 is 0 Å². The summed E-state index contributed by atoms with van der Waals surface area (Å²) in [5.41, 5.74) is 1.55. The Morgan fingerprint density at radius 1 is 1.25 bits per heavy atom. The summed E-state index contributed by atoms with van der Waals surface area (Å²) in [6, 6.07) is 6.16. The predicted molar refractivity (Wildman–Crippen MR) is 107 cm³/mol. The summed E-state index contributed by atoms with van der Waals surface area (Å²) in [6.07, 6.45) is 3.24. The lowest BCUT2D eigenvalue weighted by molar-refractivity contribution is -0.0536. The van der Waals surface area contributed by atoms with Gasteiger partial charge in [0.15, 0.2) is 5.78 Å². The maximum Gasteiger partial charge on any atom is 0.250 e. The third kappa shape index (κ3) is 5.74. The lowest BCUT2D eigenvalue weighted by Gasteiger charge is -2.31. The van der Waals surface area contributed by atoms with E-state index < -0.39 is 5.92 Å². The van der Waals surface area contributed by atoms with Crippen LogP contribution in [0.15, 0.2) is 18.2 Å². The van der Waals surface area contributed by atoms with Gasteiger partial charge in [-0.3, -0.25) is 9.69 Å². The van der Waals surface area contributed by atoms with Crippen molar-refractivity contribution in [1.29, 1.82) is 0 Å². The third-order valence-electron chi connectivity index (χ3n) is 5.99. The highest BCUT2D eigenvalue weighted by Crippen LogP contribution is 2.28. The van der Waals surface area contributed by atoms with Crippen LogP contribution in [0.2, 0.25) is 0 Å². The van der Waals surface area contributed by atoms with Gasteiger partial charge >= 0.3 is 0 Å². The number of carbonyl (C=O) groups excluding carboxylic acids is 1. The van der Waals surface area contributed by atoms with Crippen LogP contribution in [0.4, 0.5) is 8.78 Å². The predicted octanol–water partition coefficient (Wildman–Crippen LogP) is 4.16. The van der Waals surface area contributed by atoms with Gasteiger partial charge in [0.1, 0.15) is 5.75 Å². The van der Waals surface area contributed by atoms with E-state index in [9.17, 15) is 13.6 Å². The molecule has 2 saturated heterocycles. The molecule has 0 radical (unpaired) electrons. The molecule has 2 aliphatic heterocycles. The largest absolute Gasteiger partial charge is 0.493 e. The number of likely N-dealkylation sites (tertiary alicyclic amines) is 2. The lowest BCUT2D eigenvalue weighted by Crippen LogP contribution is -2.41. The molecule has 0 bridgehead atoms. The maximum absolute atomic E-state index is 13.2. The summed E-state index contributed by atoms with van der Waals surface area (Å²) in [4.78, 5) is 16.8. The average Bonchev–Trinajstić information content (AvgIpc) is 3.06. The molecule has 3 rings (SSSR count). The van der Waals surface area contributed by atoms with Gasteiger partial charge in [-0.2, -0.15) is 0 Å². The van der Waals surface area contributed by atoms with Gasteiger partial charge < -0.3 is 9.64 Å². The van der Waals surface area contributed by atoms with Crippen LogP contribution in [0.5, 0.6) is 5.75 Å². The minimum atomic E-state index is -2.58. The first kappa shape index (κ1) is 21.2. The van der Waals surface area contributed by atoms with Crippen molar-refractivity contribution in [2.75, 3.05) is 39.3 Å². The molecular weight excluding hydrogens is 362 g/mol. The Kier molecular flexibility index (Phi) is 7.05. The van der Waals surface area contributed by atoms with Crippen LogP contribution in [0, 0.1) is 6.92 Å². The summed E-state index contributed by atoms with van der Waals surface area (Å²) in [5, 5.41) is 0. The smallest absolute Gasteiger partial charge is 0.250 e. The zero-order valence-corrected chi connectivity index (χ0v) is 17.1. The first-order valence-electron chi connectivity index (χ1n) is 10.4. The number of ketones is 1. The van der Waals surface area contributed by atoms with E-state index in [-0.39, 0.29) is 38.3 Å². The highest BCUT2D eigenvalue weighted by molar-refractivity contribution is 5.98. The Morgan fingerprint density at radius 3 is 2.64 bits per heavy atom. The highest BCUT2D eigenvalue weighted by atomic mass is 19.3. The van der Waals surface area contributed by atoms with Crippen LogP contribution in [-0.4, -0.2) is 66.9 Å². The summed E-state index contributed by atoms with van der Waals surface area (Å²) in [7, 11) is 0. The molecule has 1 atom stereocenters. The van der Waals surface area contributed by atoms with E-state index in [2.05, 4.69) is 11.8 Å². The molecule has 156 valence electrons. The van der Waals surface area contributed by atoms with Crippen molar-refractivity contribution in [3.63, 3.8) is 0 Å². The lowest BCUT2D eigenvalue weighted by atomic mass is 10.0. The Hall–Kier alpha value is -1.53. The molecule has 1 aromatic rings. The number of Topliss-reactive ketones (excluding diaryl/α,β-unsaturated/α-hetero) is 1. The fraction of sp³-hybridized carbons (Fsp3) is 0.682. The van der Waals surface area contributed by atoms with E-state index in [1.165, 1.54) is 19.4 Å². The second-order valence-corrected chi connectivity index (χ2v) is 8.26. The van der Waals surface area contributed by atoms with Gasteiger partial charge in [-0.05, 0) is 63.4 Å². The Balaban J connectivity index is 1.44. The molecule has 0 amide bonds. The SMILES string of the molecule is Cc1cc(C(=O)CN2CCC(F)(F)CC2)ccc1OCCCN1CCC[C@H]1C. The number of piperidine rings is 1. The molecule has 2 heterocycles. The second kappa shape index (κ2) is 9.31. The molecule has 1 aromatic carbocycles. The Bertz CT molecular complexity index is 671. The third-order valence-corrected chi connectivity index (χ3v) is 5.99. The fourth-order valence-corrected chi connectivity index (χ4v) is 4.09. The number of nitrogens with zero attached hydrogens (tertiary/aromatic N) is 2. The first-order chi connectivity index (χ1) is 13.3. The van der Waals surface area contributed by atoms with Crippen molar-refractivity contribution in [3.05, 3.63) is 29.3 Å². The number of halogens is 2. The molecule has 0 N–H and O–H groups in total. The van der Waals surface area contributed by atoms with Crippen molar-refractivity contribution in [1.82, 2.24) is 9.80 Å². The van der Waals surface area contributed by atoms with E-state index >= 15 is 0 Å². The van der Waals surface area contributed by atoms with Crippen LogP contribution in [0.3, 0.4) is 0 Å². The van der Waals surface area contributed by atoms with Crippen LogP contribution in [0.25, 0.3) is 0 Å². The van der Waals surface area contributed by atoms with Crippen LogP contribution in [-0.2, 0) is 0 Å². The number of rotatable bonds is 8. The summed E-state index contributed by atoms with van der Waals surface area (Å²) in [5.74, 6) is -1.80. The van der Waals surface area contributed by atoms with Crippen molar-refractivity contribution < 1.29 is 18.3 Å². The summed E-state index contributed by atoms with van der Waals surface area (Å²) in [6.45, 7) is 7.88. The molecule has 4 nitrogen and oxygen atoms in total. The number of aryl methyl sites for hydroxylation is 1. The standard InChI is InChI=1S/C22H32F2N2O2/c1-17-15-19(20(27)16-25-12-8-22(23,24)9-13-25)6-7-21(17)28-14-4-11-26-10-3-5-18(26)2/h6-7,15,18H,3-5,8-14,16H2,1-2H3/t18-/m1/s1. The average molecular weight is 395 g/mol. The van der Waals surface area contributed by atoms with Crippen molar-refractivity contribution in [3.8, 4) is 5.75 Å². The monoisotopic (exact) mass is 394 g/mol. The number of carbonyl (C=O) groups is 1. The number of hydrogen-bond donors (Lipinski definition) is 0. The van der Waals surface area contributed by atoms with E-state index in [0.29, 0.717) is 18.2 Å². The second-order valence-electron chi connectivity index (χ2n) is 8.26. The molecule has 2 fully saturated rings. The van der Waals surface area contributed by atoms with Crippen LogP contribution in [0.1, 0.15) is 54.9 Å². The molecule has 0 spiro atoms. The maximum atomic E-state index is 13.2. The van der Waals surface area contributed by atoms with Crippen molar-refractivity contribution in [2.24, 2.45) is 0 Å². The topological polar surface area (TPSA) is 32.8 Å². The molecule has 2 aliphatic rings. The van der Waals surface area contributed by atoms with E-state index in [0.717, 1.165) is 24.3 Å². The molecular formula is C22H32F2N2O2. The number of benzene rings is 1. The molecule has 0 unspecified atom stereocenters. The van der Waals surface area contributed by atoms with Crippen molar-refractivity contribution in [2.45, 2.75) is 57.9 Å². The summed E-state index contributed by atoms with van der Waals surface area (Å²) < 4.78 is 32.4. The number of ether oxygens (including phenoxy) is 1. The number of alkyl halides is 2. The molecule has 28 heavy (non-hydrogen) atoms. The zero-order valence-electron chi connectivity index (χ0n) is 17.1. The van der Waals surface area contributed by atoms with Gasteiger partial charge in [0.2, 0.25) is 0 Å². The van der Waals surface area contributed by atoms with Gasteiger partial charge in [-0.15, -0.1) is 0 Å². The van der Waals surface area contributed by atoms with Gasteiger partial charge in [0.25, 0.3) is 5.92 Å². The quantitative estimate of drug-likeness (QED) is 0.490. The Morgan fingerprint density at radius 2 is 2.00 bits per heavy atom. The van der Waals surface area contributed by atoms with E-state index in [1.807, 2.05) is 24.0 Å². The van der Waals surface area contributed by atoms with Crippen LogP contribution < -0.4 is 4.74 Å². The van der Waals surface area contributed by atoms with Gasteiger partial charge in [0, 0.05) is 44.1 Å². The van der Waals surface area contributed by atoms with E-state index in [1.54, 1.807) is 6.07 Å². The first-order valence-corrected chi connectivity index (χ1v) is 10.4. The highest BCUT2D eigenvalue weighted by Gasteiger charge is 2.34. The van der Waals surface area contributed by atoms with Crippen molar-refractivity contribution >= 4 is 5.78 Å². The molecule has 0 aromatic heterocycles.